The highest BCUT2D eigenvalue weighted by Crippen LogP contribution is 2.34. The molecule has 8 heteroatoms. The van der Waals surface area contributed by atoms with Crippen LogP contribution in [0.5, 0.6) is 11.5 Å². The lowest BCUT2D eigenvalue weighted by Crippen LogP contribution is -2.32. The molecule has 0 fully saturated rings. The minimum Gasteiger partial charge on any atom is -0.503 e. The van der Waals surface area contributed by atoms with Crippen LogP contribution in [0, 0.1) is 0 Å². The van der Waals surface area contributed by atoms with E-state index in [9.17, 15) is 14.7 Å². The second kappa shape index (κ2) is 12.2. The highest BCUT2D eigenvalue weighted by molar-refractivity contribution is 9.10. The number of allylic oxidation sites excluding steroid dienone is 2. The maximum absolute atomic E-state index is 12.8. The topological polar surface area (TPSA) is 100 Å². The minimum atomic E-state index is -0.608. The second-order valence-electron chi connectivity index (χ2n) is 6.92. The lowest BCUT2D eigenvalue weighted by atomic mass is 10.2. The van der Waals surface area contributed by atoms with E-state index in [-0.39, 0.29) is 17.2 Å². The smallest absolute Gasteiger partial charge is 0.287 e. The summed E-state index contributed by atoms with van der Waals surface area (Å²) in [5.74, 6) is -0.819. The molecular formula is C26H22BrN3O4. The van der Waals surface area contributed by atoms with Crippen molar-refractivity contribution in [2.75, 3.05) is 7.11 Å². The van der Waals surface area contributed by atoms with Crippen molar-refractivity contribution in [1.82, 2.24) is 10.7 Å². The quantitative estimate of drug-likeness (QED) is 0.174. The van der Waals surface area contributed by atoms with E-state index < -0.39 is 11.8 Å². The summed E-state index contributed by atoms with van der Waals surface area (Å²) in [7, 11) is 1.43. The van der Waals surface area contributed by atoms with Gasteiger partial charge in [-0.15, -0.1) is 0 Å². The maximum Gasteiger partial charge on any atom is 0.287 e. The molecule has 7 nitrogen and oxygen atoms in total. The zero-order valence-electron chi connectivity index (χ0n) is 18.2. The number of hydrogen-bond donors (Lipinski definition) is 3. The maximum atomic E-state index is 12.8. The van der Waals surface area contributed by atoms with Gasteiger partial charge in [0.2, 0.25) is 0 Å². The number of halogens is 1. The number of hydrazone groups is 1. The number of carbonyl (C=O) groups is 2. The van der Waals surface area contributed by atoms with Crippen molar-refractivity contribution < 1.29 is 19.4 Å². The Bertz CT molecular complexity index is 1240. The molecule has 3 N–H and O–H groups in total. The zero-order valence-corrected chi connectivity index (χ0v) is 19.8. The van der Waals surface area contributed by atoms with Crippen LogP contribution in [0.1, 0.15) is 21.5 Å². The Hall–Kier alpha value is -4.17. The molecule has 3 aromatic rings. The highest BCUT2D eigenvalue weighted by Gasteiger charge is 2.13. The summed E-state index contributed by atoms with van der Waals surface area (Å²) in [6.07, 6.45) is 6.37. The number of phenols is 1. The van der Waals surface area contributed by atoms with Gasteiger partial charge in [0.15, 0.2) is 11.5 Å². The van der Waals surface area contributed by atoms with E-state index in [4.69, 9.17) is 4.74 Å². The minimum absolute atomic E-state index is 0.0163. The molecule has 0 radical (unpaired) electrons. The molecule has 34 heavy (non-hydrogen) atoms. The Kier molecular flexibility index (Phi) is 8.76. The van der Waals surface area contributed by atoms with Gasteiger partial charge in [-0.05, 0) is 57.4 Å². The number of carbonyl (C=O) groups excluding carboxylic acids is 2. The molecule has 0 aliphatic rings. The number of nitrogens with one attached hydrogen (secondary N) is 2. The summed E-state index contributed by atoms with van der Waals surface area (Å²) < 4.78 is 5.52. The molecule has 0 atom stereocenters. The molecule has 0 saturated carbocycles. The van der Waals surface area contributed by atoms with Gasteiger partial charge in [0.1, 0.15) is 5.70 Å². The Morgan fingerprint density at radius 3 is 2.35 bits per heavy atom. The molecule has 2 amide bonds. The molecular weight excluding hydrogens is 498 g/mol. The number of benzene rings is 3. The molecule has 0 unspecified atom stereocenters. The van der Waals surface area contributed by atoms with Crippen molar-refractivity contribution in [3.63, 3.8) is 0 Å². The Labute approximate surface area is 205 Å². The van der Waals surface area contributed by atoms with Gasteiger partial charge in [0.25, 0.3) is 11.8 Å². The van der Waals surface area contributed by atoms with Crippen molar-refractivity contribution >= 4 is 40.0 Å². The summed E-state index contributed by atoms with van der Waals surface area (Å²) >= 11 is 3.24. The highest BCUT2D eigenvalue weighted by atomic mass is 79.9. The van der Waals surface area contributed by atoms with E-state index in [1.165, 1.54) is 19.4 Å². The van der Waals surface area contributed by atoms with Gasteiger partial charge in [-0.2, -0.15) is 5.10 Å². The molecule has 0 aliphatic heterocycles. The Morgan fingerprint density at radius 1 is 1.00 bits per heavy atom. The third-order valence-electron chi connectivity index (χ3n) is 4.53. The summed E-state index contributed by atoms with van der Waals surface area (Å²) in [4.78, 5) is 25.4. The van der Waals surface area contributed by atoms with E-state index in [1.54, 1.807) is 48.5 Å². The standard InChI is InChI=1S/C26H22BrN3O4/c1-34-23-16-19(15-21(27)24(23)31)17-28-30-26(33)22(14-8-11-18-9-4-2-5-10-18)29-25(32)20-12-6-3-7-13-20/h2-17,31H,1H3,(H,29,32)(H,30,33)/b11-8+,22-14-,28-17-. The molecule has 0 saturated heterocycles. The van der Waals surface area contributed by atoms with Crippen LogP contribution in [0.4, 0.5) is 0 Å². The number of rotatable bonds is 8. The van der Waals surface area contributed by atoms with Gasteiger partial charge in [0.05, 0.1) is 17.8 Å². The fraction of sp³-hybridized carbons (Fsp3) is 0.0385. The number of nitrogens with zero attached hydrogens (tertiary/aromatic N) is 1. The first-order chi connectivity index (χ1) is 16.5. The number of hydrogen-bond acceptors (Lipinski definition) is 5. The van der Waals surface area contributed by atoms with Crippen LogP contribution < -0.4 is 15.5 Å². The largest absolute Gasteiger partial charge is 0.503 e. The Balaban J connectivity index is 1.77. The molecule has 0 bridgehead atoms. The van der Waals surface area contributed by atoms with Crippen molar-refractivity contribution in [2.45, 2.75) is 0 Å². The summed E-state index contributed by atoms with van der Waals surface area (Å²) in [6.45, 7) is 0. The summed E-state index contributed by atoms with van der Waals surface area (Å²) in [5, 5.41) is 16.5. The monoisotopic (exact) mass is 519 g/mol. The average Bonchev–Trinajstić information content (AvgIpc) is 2.86. The fourth-order valence-electron chi connectivity index (χ4n) is 2.83. The van der Waals surface area contributed by atoms with Crippen molar-refractivity contribution in [1.29, 1.82) is 0 Å². The number of ether oxygens (including phenoxy) is 1. The van der Waals surface area contributed by atoms with Crippen LogP contribution >= 0.6 is 15.9 Å². The van der Waals surface area contributed by atoms with Gasteiger partial charge >= 0.3 is 0 Å². The predicted molar refractivity (Wildman–Crippen MR) is 136 cm³/mol. The van der Waals surface area contributed by atoms with Crippen molar-refractivity contribution in [2.24, 2.45) is 5.10 Å². The third-order valence-corrected chi connectivity index (χ3v) is 5.13. The fourth-order valence-corrected chi connectivity index (χ4v) is 3.29. The molecule has 0 heterocycles. The first kappa shape index (κ1) is 24.5. The lowest BCUT2D eigenvalue weighted by molar-refractivity contribution is -0.117. The second-order valence-corrected chi connectivity index (χ2v) is 7.78. The number of amides is 2. The number of methoxy groups -OCH3 is 1. The van der Waals surface area contributed by atoms with Crippen LogP contribution in [-0.4, -0.2) is 30.2 Å². The predicted octanol–water partition coefficient (Wildman–Crippen LogP) is 4.64. The molecule has 3 rings (SSSR count). The van der Waals surface area contributed by atoms with Gasteiger partial charge in [-0.3, -0.25) is 9.59 Å². The molecule has 0 aliphatic carbocycles. The van der Waals surface area contributed by atoms with E-state index in [0.29, 0.717) is 15.6 Å². The van der Waals surface area contributed by atoms with E-state index >= 15 is 0 Å². The molecule has 0 spiro atoms. The van der Waals surface area contributed by atoms with Gasteiger partial charge in [0, 0.05) is 5.56 Å². The van der Waals surface area contributed by atoms with Gasteiger partial charge < -0.3 is 15.2 Å². The third kappa shape index (κ3) is 6.91. The lowest BCUT2D eigenvalue weighted by Gasteiger charge is -2.08. The van der Waals surface area contributed by atoms with Crippen molar-refractivity contribution in [3.05, 3.63) is 112 Å². The van der Waals surface area contributed by atoms with E-state index in [1.807, 2.05) is 36.4 Å². The van der Waals surface area contributed by atoms with Gasteiger partial charge in [-0.25, -0.2) is 5.43 Å². The molecule has 172 valence electrons. The first-order valence-electron chi connectivity index (χ1n) is 10.2. The van der Waals surface area contributed by atoms with Crippen molar-refractivity contribution in [3.8, 4) is 11.5 Å². The molecule has 3 aromatic carbocycles. The van der Waals surface area contributed by atoms with Crippen LogP contribution in [-0.2, 0) is 4.79 Å². The zero-order chi connectivity index (χ0) is 24.3. The first-order valence-corrected chi connectivity index (χ1v) is 11.0. The van der Waals surface area contributed by atoms with Gasteiger partial charge in [-0.1, -0.05) is 60.7 Å². The van der Waals surface area contributed by atoms with Crippen LogP contribution in [0.15, 0.2) is 100 Å². The Morgan fingerprint density at radius 2 is 1.68 bits per heavy atom. The van der Waals surface area contributed by atoms with Crippen LogP contribution in [0.25, 0.3) is 6.08 Å². The number of phenolic OH excluding ortho intramolecular Hbond substituents is 1. The van der Waals surface area contributed by atoms with Crippen LogP contribution in [0.2, 0.25) is 0 Å². The summed E-state index contributed by atoms with van der Waals surface area (Å²) in [6, 6.07) is 21.3. The number of aromatic hydroxyl groups is 1. The average molecular weight is 520 g/mol. The normalized spacial score (nSPS) is 11.5. The SMILES string of the molecule is COc1cc(/C=N\NC(=O)/C(=C/C=C/c2ccccc2)NC(=O)c2ccccc2)cc(Br)c1O. The van der Waals surface area contributed by atoms with E-state index in [2.05, 4.69) is 31.8 Å². The molecule has 0 aromatic heterocycles. The summed E-state index contributed by atoms with van der Waals surface area (Å²) in [5.41, 5.74) is 4.35. The van der Waals surface area contributed by atoms with Crippen LogP contribution in [0.3, 0.4) is 0 Å². The van der Waals surface area contributed by atoms with E-state index in [0.717, 1.165) is 5.56 Å².